The number of nitrogens with zero attached hydrogens (tertiary/aromatic N) is 2. The normalized spacial score (nSPS) is 21.2. The van der Waals surface area contributed by atoms with Gasteiger partial charge in [0.2, 0.25) is 0 Å². The minimum absolute atomic E-state index is 0.103. The van der Waals surface area contributed by atoms with Crippen molar-refractivity contribution in [3.8, 4) is 0 Å². The monoisotopic (exact) mass is 526 g/mol. The highest BCUT2D eigenvalue weighted by molar-refractivity contribution is 5.46. The van der Waals surface area contributed by atoms with Crippen molar-refractivity contribution in [1.82, 2.24) is 4.98 Å². The number of hydrogen-bond donors (Lipinski definition) is 0. The minimum Gasteiger partial charge on any atom is -0.370 e. The van der Waals surface area contributed by atoms with Crippen LogP contribution in [0.2, 0.25) is 0 Å². The molecule has 1 aliphatic carbocycles. The largest absolute Gasteiger partial charge is 0.416 e. The third-order valence-electron chi connectivity index (χ3n) is 6.83. The van der Waals surface area contributed by atoms with E-state index in [2.05, 4.69) is 4.98 Å². The molecule has 2 aromatic carbocycles. The van der Waals surface area contributed by atoms with E-state index in [4.69, 9.17) is 4.74 Å². The van der Waals surface area contributed by atoms with Gasteiger partial charge < -0.3 is 9.64 Å². The van der Waals surface area contributed by atoms with E-state index in [1.807, 2.05) is 18.0 Å². The van der Waals surface area contributed by atoms with Crippen molar-refractivity contribution in [1.29, 1.82) is 0 Å². The van der Waals surface area contributed by atoms with Crippen LogP contribution in [-0.4, -0.2) is 24.2 Å². The Hall–Kier alpha value is -3.14. The van der Waals surface area contributed by atoms with Crippen LogP contribution in [0.15, 0.2) is 67.0 Å². The van der Waals surface area contributed by atoms with Crippen molar-refractivity contribution < 1.29 is 35.5 Å². The van der Waals surface area contributed by atoms with E-state index in [9.17, 15) is 30.7 Å². The molecular formula is C27H25F7N2O. The molecule has 0 unspecified atom stereocenters. The molecule has 1 saturated carbocycles. The Morgan fingerprint density at radius 3 is 2.08 bits per heavy atom. The van der Waals surface area contributed by atoms with Crippen LogP contribution in [0, 0.1) is 5.82 Å². The quantitative estimate of drug-likeness (QED) is 0.307. The number of anilines is 1. The lowest BCUT2D eigenvalue weighted by atomic mass is 9.91. The van der Waals surface area contributed by atoms with Crippen LogP contribution >= 0.6 is 0 Å². The standard InChI is InChI=1S/C27H25F7N2O/c1-16(18-12-19(26(29,30)31)14-20(13-18)27(32,33)34)37-24-10-9-23(36(2)22-4-3-11-35-15-22)25(24)17-5-7-21(28)8-6-17/h3-8,11-16,23-25H,9-10H2,1-2H3/t16-,23-,24+,25+/m1/s1. The molecule has 37 heavy (non-hydrogen) atoms. The highest BCUT2D eigenvalue weighted by atomic mass is 19.4. The summed E-state index contributed by atoms with van der Waals surface area (Å²) in [4.78, 5) is 6.16. The number of benzene rings is 2. The lowest BCUT2D eigenvalue weighted by Crippen LogP contribution is -2.37. The van der Waals surface area contributed by atoms with Crippen molar-refractivity contribution in [2.75, 3.05) is 11.9 Å². The Bertz CT molecular complexity index is 1160. The predicted molar refractivity (Wildman–Crippen MR) is 125 cm³/mol. The van der Waals surface area contributed by atoms with Crippen LogP contribution in [0.3, 0.4) is 0 Å². The number of rotatable bonds is 6. The molecule has 4 atom stereocenters. The number of alkyl halides is 6. The van der Waals surface area contributed by atoms with E-state index in [1.165, 1.54) is 19.1 Å². The zero-order valence-electron chi connectivity index (χ0n) is 20.0. The summed E-state index contributed by atoms with van der Waals surface area (Å²) in [6.07, 6.45) is -7.00. The van der Waals surface area contributed by atoms with Gasteiger partial charge in [0.1, 0.15) is 5.82 Å². The molecule has 0 spiro atoms. The van der Waals surface area contributed by atoms with Crippen LogP contribution < -0.4 is 4.90 Å². The van der Waals surface area contributed by atoms with Crippen molar-refractivity contribution in [2.24, 2.45) is 0 Å². The molecule has 10 heteroatoms. The SMILES string of the molecule is C[C@@H](O[C@H]1CC[C@@H](N(C)c2cccnc2)[C@@H]1c1ccc(F)cc1)c1cc(C(F)(F)F)cc(C(F)(F)F)c1. The molecule has 0 radical (unpaired) electrons. The Labute approximate surface area is 209 Å². The first kappa shape index (κ1) is 26.9. The molecule has 0 saturated heterocycles. The number of halogens is 7. The maximum Gasteiger partial charge on any atom is 0.416 e. The van der Waals surface area contributed by atoms with Crippen molar-refractivity contribution in [2.45, 2.75) is 56.3 Å². The van der Waals surface area contributed by atoms with Crippen LogP contribution in [0.4, 0.5) is 36.4 Å². The summed E-state index contributed by atoms with van der Waals surface area (Å²) in [5.41, 5.74) is -1.39. The summed E-state index contributed by atoms with van der Waals surface area (Å²) < 4.78 is 100. The van der Waals surface area contributed by atoms with Crippen molar-refractivity contribution in [3.63, 3.8) is 0 Å². The fourth-order valence-corrected chi connectivity index (χ4v) is 4.96. The van der Waals surface area contributed by atoms with Gasteiger partial charge in [-0.05, 0) is 73.4 Å². The molecule has 3 aromatic rings. The smallest absolute Gasteiger partial charge is 0.370 e. The minimum atomic E-state index is -4.95. The Balaban J connectivity index is 1.66. The highest BCUT2D eigenvalue weighted by Crippen LogP contribution is 2.44. The Morgan fingerprint density at radius 1 is 0.919 bits per heavy atom. The summed E-state index contributed by atoms with van der Waals surface area (Å²) in [5, 5.41) is 0. The second kappa shape index (κ2) is 10.3. The lowest BCUT2D eigenvalue weighted by molar-refractivity contribution is -0.143. The number of aromatic nitrogens is 1. The van der Waals surface area contributed by atoms with E-state index >= 15 is 0 Å². The maximum absolute atomic E-state index is 13.7. The van der Waals surface area contributed by atoms with Gasteiger partial charge in [0.05, 0.1) is 35.2 Å². The van der Waals surface area contributed by atoms with Crippen LogP contribution in [0.25, 0.3) is 0 Å². The number of likely N-dealkylation sites (N-methyl/N-ethyl adjacent to an activating group) is 1. The molecular weight excluding hydrogens is 501 g/mol. The molecule has 3 nitrogen and oxygen atoms in total. The van der Waals surface area contributed by atoms with Gasteiger partial charge in [-0.1, -0.05) is 12.1 Å². The van der Waals surface area contributed by atoms with E-state index in [0.717, 1.165) is 11.3 Å². The zero-order chi connectivity index (χ0) is 27.0. The van der Waals surface area contributed by atoms with E-state index < -0.39 is 41.5 Å². The summed E-state index contributed by atoms with van der Waals surface area (Å²) >= 11 is 0. The van der Waals surface area contributed by atoms with Crippen molar-refractivity contribution >= 4 is 5.69 Å². The van der Waals surface area contributed by atoms with Gasteiger partial charge in [-0.2, -0.15) is 26.3 Å². The molecule has 1 heterocycles. The van der Waals surface area contributed by atoms with E-state index in [-0.39, 0.29) is 23.6 Å². The molecule has 1 fully saturated rings. The van der Waals surface area contributed by atoms with Gasteiger partial charge in [-0.3, -0.25) is 4.98 Å². The molecule has 0 bridgehead atoms. The predicted octanol–water partition coefficient (Wildman–Crippen LogP) is 7.79. The van der Waals surface area contributed by atoms with Gasteiger partial charge in [0.25, 0.3) is 0 Å². The van der Waals surface area contributed by atoms with Gasteiger partial charge in [-0.15, -0.1) is 0 Å². The summed E-state index contributed by atoms with van der Waals surface area (Å²) in [7, 11) is 1.88. The van der Waals surface area contributed by atoms with E-state index in [0.29, 0.717) is 25.0 Å². The lowest BCUT2D eigenvalue weighted by Gasteiger charge is -2.34. The second-order valence-corrected chi connectivity index (χ2v) is 9.20. The molecule has 0 aliphatic heterocycles. The van der Waals surface area contributed by atoms with Crippen LogP contribution in [0.1, 0.15) is 54.0 Å². The fraction of sp³-hybridized carbons (Fsp3) is 0.370. The summed E-state index contributed by atoms with van der Waals surface area (Å²) in [5.74, 6) is -0.741. The maximum atomic E-state index is 13.7. The average molecular weight is 526 g/mol. The molecule has 198 valence electrons. The summed E-state index contributed by atoms with van der Waals surface area (Å²) in [6, 6.07) is 10.9. The van der Waals surface area contributed by atoms with Gasteiger partial charge in [0, 0.05) is 25.2 Å². The topological polar surface area (TPSA) is 25.4 Å². The molecule has 0 amide bonds. The number of pyridine rings is 1. The van der Waals surface area contributed by atoms with Gasteiger partial charge >= 0.3 is 12.4 Å². The molecule has 4 rings (SSSR count). The average Bonchev–Trinajstić information content (AvgIpc) is 3.26. The van der Waals surface area contributed by atoms with Gasteiger partial charge in [0.15, 0.2) is 0 Å². The summed E-state index contributed by atoms with van der Waals surface area (Å²) in [6.45, 7) is 1.44. The first-order chi connectivity index (χ1) is 17.3. The molecule has 0 N–H and O–H groups in total. The van der Waals surface area contributed by atoms with Gasteiger partial charge in [-0.25, -0.2) is 4.39 Å². The Kier molecular flexibility index (Phi) is 7.50. The number of hydrogen-bond acceptors (Lipinski definition) is 3. The molecule has 1 aliphatic rings. The number of ether oxygens (including phenoxy) is 1. The molecule has 1 aromatic heterocycles. The first-order valence-corrected chi connectivity index (χ1v) is 11.7. The first-order valence-electron chi connectivity index (χ1n) is 11.7. The van der Waals surface area contributed by atoms with E-state index in [1.54, 1.807) is 30.6 Å². The second-order valence-electron chi connectivity index (χ2n) is 9.20. The fourth-order valence-electron chi connectivity index (χ4n) is 4.96. The van der Waals surface area contributed by atoms with Crippen LogP contribution in [-0.2, 0) is 17.1 Å². The Morgan fingerprint density at radius 2 is 1.54 bits per heavy atom. The van der Waals surface area contributed by atoms with Crippen molar-refractivity contribution in [3.05, 3.63) is 95.1 Å². The third kappa shape index (κ3) is 6.06. The highest BCUT2D eigenvalue weighted by Gasteiger charge is 2.42. The third-order valence-corrected chi connectivity index (χ3v) is 6.83. The zero-order valence-corrected chi connectivity index (χ0v) is 20.0. The van der Waals surface area contributed by atoms with Crippen LogP contribution in [0.5, 0.6) is 0 Å².